The summed E-state index contributed by atoms with van der Waals surface area (Å²) in [5.41, 5.74) is 1.29. The highest BCUT2D eigenvalue weighted by Crippen LogP contribution is 2.38. The van der Waals surface area contributed by atoms with Crippen molar-refractivity contribution in [3.63, 3.8) is 0 Å². The van der Waals surface area contributed by atoms with Crippen LogP contribution in [0.3, 0.4) is 0 Å². The van der Waals surface area contributed by atoms with Crippen LogP contribution in [0.1, 0.15) is 17.2 Å². The quantitative estimate of drug-likeness (QED) is 0.485. The second-order valence-corrected chi connectivity index (χ2v) is 6.61. The smallest absolute Gasteiger partial charge is 0.295 e. The number of aliphatic hydroxyl groups is 1. The Hall–Kier alpha value is -2.60. The van der Waals surface area contributed by atoms with Crippen LogP contribution in [0.2, 0.25) is 0 Å². The van der Waals surface area contributed by atoms with Gasteiger partial charge in [-0.25, -0.2) is 0 Å². The third kappa shape index (κ3) is 3.05. The summed E-state index contributed by atoms with van der Waals surface area (Å²) >= 11 is 3.37. The maximum Gasteiger partial charge on any atom is 0.295 e. The second kappa shape index (κ2) is 6.72. The first-order chi connectivity index (χ1) is 11.9. The van der Waals surface area contributed by atoms with E-state index in [1.54, 1.807) is 38.4 Å². The van der Waals surface area contributed by atoms with Crippen molar-refractivity contribution in [1.29, 1.82) is 0 Å². The van der Waals surface area contributed by atoms with Gasteiger partial charge < -0.3 is 14.7 Å². The van der Waals surface area contributed by atoms with E-state index in [4.69, 9.17) is 4.74 Å². The first-order valence-corrected chi connectivity index (χ1v) is 8.38. The predicted octanol–water partition coefficient (Wildman–Crippen LogP) is 3.51. The molecule has 1 unspecified atom stereocenters. The molecule has 0 aliphatic carbocycles. The number of likely N-dealkylation sites (tertiary alicyclic amines) is 1. The van der Waals surface area contributed by atoms with Crippen LogP contribution in [0.25, 0.3) is 5.76 Å². The van der Waals surface area contributed by atoms with Gasteiger partial charge in [0.1, 0.15) is 11.5 Å². The van der Waals surface area contributed by atoms with Gasteiger partial charge in [-0.05, 0) is 42.0 Å². The Morgan fingerprint density at radius 3 is 2.24 bits per heavy atom. The number of rotatable bonds is 3. The number of carbonyl (C=O) groups excluding carboxylic acids is 2. The van der Waals surface area contributed by atoms with Gasteiger partial charge in [0.25, 0.3) is 11.7 Å². The number of ether oxygens (including phenoxy) is 1. The Morgan fingerprint density at radius 1 is 1.08 bits per heavy atom. The van der Waals surface area contributed by atoms with E-state index >= 15 is 0 Å². The summed E-state index contributed by atoms with van der Waals surface area (Å²) in [6, 6.07) is 13.3. The monoisotopic (exact) mass is 401 g/mol. The van der Waals surface area contributed by atoms with Crippen molar-refractivity contribution < 1.29 is 19.4 Å². The van der Waals surface area contributed by atoms with E-state index in [-0.39, 0.29) is 11.3 Å². The van der Waals surface area contributed by atoms with Crippen molar-refractivity contribution in [2.45, 2.75) is 6.04 Å². The number of halogens is 1. The highest BCUT2D eigenvalue weighted by Gasteiger charge is 2.44. The Balaban J connectivity index is 2.12. The van der Waals surface area contributed by atoms with Crippen molar-refractivity contribution >= 4 is 33.4 Å². The van der Waals surface area contributed by atoms with Gasteiger partial charge >= 0.3 is 0 Å². The average molecular weight is 402 g/mol. The number of aliphatic hydroxyl groups excluding tert-OH is 1. The fourth-order valence-electron chi connectivity index (χ4n) is 2.89. The summed E-state index contributed by atoms with van der Waals surface area (Å²) in [6.07, 6.45) is 0. The molecule has 0 radical (unpaired) electrons. The number of nitrogens with zero attached hydrogens (tertiary/aromatic N) is 1. The van der Waals surface area contributed by atoms with Crippen LogP contribution in [0, 0.1) is 0 Å². The van der Waals surface area contributed by atoms with E-state index in [9.17, 15) is 14.7 Å². The summed E-state index contributed by atoms with van der Waals surface area (Å²) in [5.74, 6) is -0.887. The fourth-order valence-corrected chi connectivity index (χ4v) is 3.15. The summed E-state index contributed by atoms with van der Waals surface area (Å²) in [7, 11) is 3.10. The lowest BCUT2D eigenvalue weighted by Crippen LogP contribution is -2.24. The Morgan fingerprint density at radius 2 is 1.68 bits per heavy atom. The zero-order chi connectivity index (χ0) is 18.1. The molecule has 3 rings (SSSR count). The number of amides is 1. The zero-order valence-electron chi connectivity index (χ0n) is 13.7. The third-order valence-electron chi connectivity index (χ3n) is 4.22. The van der Waals surface area contributed by atoms with Crippen molar-refractivity contribution in [2.24, 2.45) is 0 Å². The molecule has 1 saturated heterocycles. The summed E-state index contributed by atoms with van der Waals surface area (Å²) in [5, 5.41) is 10.7. The molecule has 6 heteroatoms. The number of Topliss-reactive ketones (excluding diaryl/α,β-unsaturated/α-hetero) is 1. The highest BCUT2D eigenvalue weighted by atomic mass is 79.9. The number of likely N-dealkylation sites (N-methyl/N-ethyl adjacent to an activating group) is 1. The summed E-state index contributed by atoms with van der Waals surface area (Å²) < 4.78 is 5.99. The van der Waals surface area contributed by atoms with Crippen LogP contribution in [0.15, 0.2) is 58.6 Å². The molecule has 25 heavy (non-hydrogen) atoms. The lowest BCUT2D eigenvalue weighted by atomic mass is 9.95. The molecule has 1 N–H and O–H groups in total. The van der Waals surface area contributed by atoms with Gasteiger partial charge in [-0.1, -0.05) is 28.1 Å². The minimum atomic E-state index is -0.691. The van der Waals surface area contributed by atoms with Crippen molar-refractivity contribution in [2.75, 3.05) is 14.2 Å². The standard InChI is InChI=1S/C19H16BrNO4/c1-21-16(11-3-7-13(20)8-4-11)15(18(23)19(21)24)17(22)12-5-9-14(25-2)10-6-12/h3-10,16,22H,1-2H3. The topological polar surface area (TPSA) is 66.8 Å². The van der Waals surface area contributed by atoms with E-state index in [2.05, 4.69) is 15.9 Å². The number of carbonyl (C=O) groups is 2. The molecule has 128 valence electrons. The Labute approximate surface area is 153 Å². The highest BCUT2D eigenvalue weighted by molar-refractivity contribution is 9.10. The SMILES string of the molecule is COc1ccc(C(O)=C2C(=O)C(=O)N(C)C2c2ccc(Br)cc2)cc1. The lowest BCUT2D eigenvalue weighted by Gasteiger charge is -2.21. The van der Waals surface area contributed by atoms with Crippen LogP contribution in [-0.2, 0) is 9.59 Å². The van der Waals surface area contributed by atoms with E-state index < -0.39 is 17.7 Å². The van der Waals surface area contributed by atoms with Gasteiger partial charge in [-0.3, -0.25) is 9.59 Å². The molecular formula is C19H16BrNO4. The lowest BCUT2D eigenvalue weighted by molar-refractivity contribution is -0.139. The molecule has 0 saturated carbocycles. The van der Waals surface area contributed by atoms with E-state index in [0.29, 0.717) is 11.3 Å². The maximum absolute atomic E-state index is 12.5. The molecule has 2 aromatic carbocycles. The van der Waals surface area contributed by atoms with Crippen molar-refractivity contribution in [3.8, 4) is 5.75 Å². The van der Waals surface area contributed by atoms with E-state index in [1.165, 1.54) is 4.90 Å². The molecule has 1 aliphatic rings. The van der Waals surface area contributed by atoms with Gasteiger partial charge in [0.15, 0.2) is 0 Å². The largest absolute Gasteiger partial charge is 0.507 e. The number of hydrogen-bond donors (Lipinski definition) is 1. The maximum atomic E-state index is 12.5. The number of ketones is 1. The van der Waals surface area contributed by atoms with E-state index in [0.717, 1.165) is 10.0 Å². The zero-order valence-corrected chi connectivity index (χ0v) is 15.3. The molecule has 0 aromatic heterocycles. The normalized spacial score (nSPS) is 19.3. The second-order valence-electron chi connectivity index (χ2n) is 5.69. The Kier molecular flexibility index (Phi) is 4.63. The summed E-state index contributed by atoms with van der Waals surface area (Å²) in [6.45, 7) is 0. The molecule has 2 aromatic rings. The molecule has 1 aliphatic heterocycles. The number of hydrogen-bond acceptors (Lipinski definition) is 4. The first-order valence-electron chi connectivity index (χ1n) is 7.58. The predicted molar refractivity (Wildman–Crippen MR) is 97.2 cm³/mol. The van der Waals surface area contributed by atoms with Gasteiger partial charge in [-0.2, -0.15) is 0 Å². The number of methoxy groups -OCH3 is 1. The molecule has 1 heterocycles. The number of benzene rings is 2. The van der Waals surface area contributed by atoms with Crippen LogP contribution < -0.4 is 4.74 Å². The van der Waals surface area contributed by atoms with Crippen LogP contribution >= 0.6 is 15.9 Å². The van der Waals surface area contributed by atoms with Gasteiger partial charge in [0.05, 0.1) is 18.7 Å². The van der Waals surface area contributed by atoms with Crippen molar-refractivity contribution in [3.05, 3.63) is 69.7 Å². The molecule has 1 fully saturated rings. The summed E-state index contributed by atoms with van der Waals surface area (Å²) in [4.78, 5) is 26.0. The van der Waals surface area contributed by atoms with Crippen molar-refractivity contribution in [1.82, 2.24) is 4.90 Å². The molecule has 0 spiro atoms. The molecule has 0 bridgehead atoms. The minimum Gasteiger partial charge on any atom is -0.507 e. The molecule has 1 amide bonds. The van der Waals surface area contributed by atoms with Gasteiger partial charge in [0, 0.05) is 17.1 Å². The van der Waals surface area contributed by atoms with E-state index in [1.807, 2.05) is 24.3 Å². The minimum absolute atomic E-state index is 0.0833. The first kappa shape index (κ1) is 17.2. The molecular weight excluding hydrogens is 386 g/mol. The van der Waals surface area contributed by atoms with Gasteiger partial charge in [0.2, 0.25) is 0 Å². The van der Waals surface area contributed by atoms with Gasteiger partial charge in [-0.15, -0.1) is 0 Å². The fraction of sp³-hybridized carbons (Fsp3) is 0.158. The van der Waals surface area contributed by atoms with Crippen LogP contribution in [-0.4, -0.2) is 35.9 Å². The third-order valence-corrected chi connectivity index (χ3v) is 4.75. The average Bonchev–Trinajstić information content (AvgIpc) is 2.86. The Bertz CT molecular complexity index is 856. The molecule has 1 atom stereocenters. The van der Waals surface area contributed by atoms with Crippen LogP contribution in [0.4, 0.5) is 0 Å². The molecule has 5 nitrogen and oxygen atoms in total. The van der Waals surface area contributed by atoms with Crippen LogP contribution in [0.5, 0.6) is 5.75 Å².